The average Bonchev–Trinajstić information content (AvgIpc) is 2.29. The predicted molar refractivity (Wildman–Crippen MR) is 85.2 cm³/mol. The molecule has 0 fully saturated rings. The van der Waals surface area contributed by atoms with Gasteiger partial charge in [0, 0.05) is 14.1 Å². The molecule has 0 atom stereocenters. The number of thioether (sulfide) groups is 1. The van der Waals surface area contributed by atoms with Crippen molar-refractivity contribution < 1.29 is 0 Å². The molecule has 0 aliphatic rings. The van der Waals surface area contributed by atoms with Gasteiger partial charge in [0.2, 0.25) is 0 Å². The Labute approximate surface area is 122 Å². The third-order valence-corrected chi connectivity index (χ3v) is 4.18. The Hall–Kier alpha value is -0.730. The Kier molecular flexibility index (Phi) is 4.18. The van der Waals surface area contributed by atoms with Crippen LogP contribution in [-0.4, -0.2) is 4.75 Å². The van der Waals surface area contributed by atoms with Crippen LogP contribution in [0, 0.1) is 0 Å². The van der Waals surface area contributed by atoms with Crippen LogP contribution in [0.2, 0.25) is 0 Å². The van der Waals surface area contributed by atoms with Gasteiger partial charge in [-0.25, -0.2) is 0 Å². The minimum atomic E-state index is 0.228. The van der Waals surface area contributed by atoms with Crippen LogP contribution >= 0.6 is 27.7 Å². The van der Waals surface area contributed by atoms with E-state index in [9.17, 15) is 0 Å². The van der Waals surface area contributed by atoms with Crippen molar-refractivity contribution in [3.05, 3.63) is 53.0 Å². The lowest BCUT2D eigenvalue weighted by Gasteiger charge is -2.20. The van der Waals surface area contributed by atoms with Gasteiger partial charge < -0.3 is 0 Å². The first-order valence-corrected chi connectivity index (χ1v) is 7.61. The van der Waals surface area contributed by atoms with Crippen molar-refractivity contribution >= 4 is 27.7 Å². The highest BCUT2D eigenvalue weighted by Gasteiger charge is 2.15. The first kappa shape index (κ1) is 13.7. The van der Waals surface area contributed by atoms with Crippen molar-refractivity contribution in [2.45, 2.75) is 30.4 Å². The van der Waals surface area contributed by atoms with Crippen LogP contribution in [0.3, 0.4) is 0 Å². The summed E-state index contributed by atoms with van der Waals surface area (Å²) in [5, 5.41) is 0. The summed E-state index contributed by atoms with van der Waals surface area (Å²) < 4.78 is 1.35. The molecule has 0 heterocycles. The molecule has 0 N–H and O–H groups in total. The van der Waals surface area contributed by atoms with Gasteiger partial charge in [-0.3, -0.25) is 0 Å². The second-order valence-corrected chi connectivity index (χ2v) is 8.00. The molecule has 2 heteroatoms. The SMILES string of the molecule is CC(C)(C)Sc1ccccc1-c1ccc(Br)cc1. The Morgan fingerprint density at radius 1 is 0.889 bits per heavy atom. The van der Waals surface area contributed by atoms with Gasteiger partial charge in [0.15, 0.2) is 0 Å². The number of hydrogen-bond donors (Lipinski definition) is 0. The summed E-state index contributed by atoms with van der Waals surface area (Å²) in [6.45, 7) is 6.74. The fourth-order valence-electron chi connectivity index (χ4n) is 1.75. The van der Waals surface area contributed by atoms with Gasteiger partial charge in [-0.2, -0.15) is 0 Å². The van der Waals surface area contributed by atoms with E-state index >= 15 is 0 Å². The first-order valence-electron chi connectivity index (χ1n) is 6.00. The number of rotatable bonds is 2. The topological polar surface area (TPSA) is 0 Å². The molecule has 0 spiro atoms. The Balaban J connectivity index is 2.41. The molecule has 2 rings (SSSR count). The van der Waals surface area contributed by atoms with Crippen LogP contribution in [0.5, 0.6) is 0 Å². The van der Waals surface area contributed by atoms with Crippen LogP contribution in [0.25, 0.3) is 11.1 Å². The number of halogens is 1. The van der Waals surface area contributed by atoms with Gasteiger partial charge in [0.1, 0.15) is 0 Å². The standard InChI is InChI=1S/C16H17BrS/c1-16(2,3)18-15-7-5-4-6-14(15)12-8-10-13(17)11-9-12/h4-11H,1-3H3. The maximum Gasteiger partial charge on any atom is 0.0175 e. The number of benzene rings is 2. The monoisotopic (exact) mass is 320 g/mol. The smallest absolute Gasteiger partial charge is 0.0175 e. The van der Waals surface area contributed by atoms with Crippen LogP contribution < -0.4 is 0 Å². The van der Waals surface area contributed by atoms with Crippen molar-refractivity contribution in [1.29, 1.82) is 0 Å². The lowest BCUT2D eigenvalue weighted by molar-refractivity contribution is 0.803. The Morgan fingerprint density at radius 3 is 2.11 bits per heavy atom. The molecule has 0 saturated carbocycles. The van der Waals surface area contributed by atoms with Gasteiger partial charge in [0.05, 0.1) is 0 Å². The molecule has 0 unspecified atom stereocenters. The fourth-order valence-corrected chi connectivity index (χ4v) is 3.12. The third-order valence-electron chi connectivity index (χ3n) is 2.46. The molecule has 0 amide bonds. The summed E-state index contributed by atoms with van der Waals surface area (Å²) in [4.78, 5) is 1.34. The average molecular weight is 321 g/mol. The molecular weight excluding hydrogens is 304 g/mol. The highest BCUT2D eigenvalue weighted by Crippen LogP contribution is 2.38. The zero-order valence-corrected chi connectivity index (χ0v) is 13.3. The summed E-state index contributed by atoms with van der Waals surface area (Å²) in [6, 6.07) is 17.1. The quantitative estimate of drug-likeness (QED) is 0.611. The zero-order valence-electron chi connectivity index (χ0n) is 10.9. The van der Waals surface area contributed by atoms with E-state index in [0.717, 1.165) is 4.47 Å². The van der Waals surface area contributed by atoms with E-state index < -0.39 is 0 Å². The largest absolute Gasteiger partial charge is 0.120 e. The van der Waals surface area contributed by atoms with Crippen LogP contribution in [0.15, 0.2) is 57.9 Å². The normalized spacial score (nSPS) is 11.6. The highest BCUT2D eigenvalue weighted by atomic mass is 79.9. The van der Waals surface area contributed by atoms with E-state index in [0.29, 0.717) is 0 Å². The van der Waals surface area contributed by atoms with E-state index in [1.54, 1.807) is 0 Å². The summed E-state index contributed by atoms with van der Waals surface area (Å²) in [7, 11) is 0. The molecule has 0 saturated heterocycles. The molecule has 2 aromatic carbocycles. The fraction of sp³-hybridized carbons (Fsp3) is 0.250. The molecule has 0 radical (unpaired) electrons. The molecule has 0 aliphatic carbocycles. The van der Waals surface area contributed by atoms with Crippen LogP contribution in [-0.2, 0) is 0 Å². The van der Waals surface area contributed by atoms with Crippen molar-refractivity contribution in [1.82, 2.24) is 0 Å². The minimum Gasteiger partial charge on any atom is -0.120 e. The van der Waals surface area contributed by atoms with Gasteiger partial charge in [-0.15, -0.1) is 11.8 Å². The highest BCUT2D eigenvalue weighted by molar-refractivity contribution is 9.10. The van der Waals surface area contributed by atoms with E-state index in [-0.39, 0.29) is 4.75 Å². The van der Waals surface area contributed by atoms with Gasteiger partial charge in [-0.1, -0.05) is 67.0 Å². The molecule has 0 aromatic heterocycles. The van der Waals surface area contributed by atoms with Gasteiger partial charge >= 0.3 is 0 Å². The summed E-state index contributed by atoms with van der Waals surface area (Å²) >= 11 is 5.39. The van der Waals surface area contributed by atoms with Crippen molar-refractivity contribution in [2.24, 2.45) is 0 Å². The second-order valence-electron chi connectivity index (χ2n) is 5.22. The summed E-state index contributed by atoms with van der Waals surface area (Å²) in [5.74, 6) is 0. The summed E-state index contributed by atoms with van der Waals surface area (Å²) in [6.07, 6.45) is 0. The molecule has 0 aliphatic heterocycles. The Bertz CT molecular complexity index is 524. The second kappa shape index (κ2) is 5.50. The van der Waals surface area contributed by atoms with E-state index in [1.165, 1.54) is 16.0 Å². The molecular formula is C16H17BrS. The molecule has 94 valence electrons. The molecule has 2 aromatic rings. The maximum absolute atomic E-state index is 3.48. The first-order chi connectivity index (χ1) is 8.46. The van der Waals surface area contributed by atoms with Gasteiger partial charge in [-0.05, 0) is 29.3 Å². The third kappa shape index (κ3) is 3.63. The van der Waals surface area contributed by atoms with Crippen LogP contribution in [0.4, 0.5) is 0 Å². The van der Waals surface area contributed by atoms with Crippen LogP contribution in [0.1, 0.15) is 20.8 Å². The molecule has 0 nitrogen and oxygen atoms in total. The van der Waals surface area contributed by atoms with E-state index in [4.69, 9.17) is 0 Å². The molecule has 18 heavy (non-hydrogen) atoms. The lowest BCUT2D eigenvalue weighted by Crippen LogP contribution is -2.06. The summed E-state index contributed by atoms with van der Waals surface area (Å²) in [5.41, 5.74) is 2.58. The number of hydrogen-bond acceptors (Lipinski definition) is 1. The Morgan fingerprint density at radius 2 is 1.50 bits per heavy atom. The van der Waals surface area contributed by atoms with E-state index in [1.807, 2.05) is 11.8 Å². The molecule has 0 bridgehead atoms. The van der Waals surface area contributed by atoms with Crippen molar-refractivity contribution in [3.63, 3.8) is 0 Å². The van der Waals surface area contributed by atoms with Crippen molar-refractivity contribution in [2.75, 3.05) is 0 Å². The predicted octanol–water partition coefficient (Wildman–Crippen LogP) is 6.01. The van der Waals surface area contributed by atoms with Crippen molar-refractivity contribution in [3.8, 4) is 11.1 Å². The maximum atomic E-state index is 3.48. The lowest BCUT2D eigenvalue weighted by atomic mass is 10.1. The zero-order chi connectivity index (χ0) is 13.2. The minimum absolute atomic E-state index is 0.228. The van der Waals surface area contributed by atoms with E-state index in [2.05, 4.69) is 85.2 Å². The van der Waals surface area contributed by atoms with Gasteiger partial charge in [0.25, 0.3) is 0 Å².